The molecule has 0 saturated carbocycles. The summed E-state index contributed by atoms with van der Waals surface area (Å²) in [6.07, 6.45) is 6.06. The van der Waals surface area contributed by atoms with Crippen LogP contribution in [0.1, 0.15) is 12.5 Å². The molecule has 18 heavy (non-hydrogen) atoms. The zero-order chi connectivity index (χ0) is 13.5. The average molecular weight is 287 g/mol. The number of carboxylic acid groups (broad SMARTS) is 1. The van der Waals surface area contributed by atoms with E-state index in [1.165, 1.54) is 6.08 Å². The van der Waals surface area contributed by atoms with E-state index in [-0.39, 0.29) is 0 Å². The van der Waals surface area contributed by atoms with Crippen LogP contribution in [-0.4, -0.2) is 17.7 Å². The molecule has 0 heterocycles. The van der Waals surface area contributed by atoms with E-state index in [1.54, 1.807) is 12.1 Å². The molecular weight excluding hydrogens is 275 g/mol. The van der Waals surface area contributed by atoms with Crippen LogP contribution in [0.2, 0.25) is 10.0 Å². The molecule has 0 fully saturated rings. The van der Waals surface area contributed by atoms with Crippen molar-refractivity contribution in [3.63, 3.8) is 0 Å². The maximum atomic E-state index is 10.5. The molecule has 0 aromatic heterocycles. The van der Waals surface area contributed by atoms with E-state index < -0.39 is 5.97 Å². The topological polar surface area (TPSA) is 46.5 Å². The van der Waals surface area contributed by atoms with E-state index in [4.69, 9.17) is 33.0 Å². The van der Waals surface area contributed by atoms with Gasteiger partial charge in [-0.25, -0.2) is 4.79 Å². The molecule has 1 N–H and O–H groups in total. The van der Waals surface area contributed by atoms with Gasteiger partial charge in [0.1, 0.15) is 12.4 Å². The SMILES string of the molecule is C/C=C/COc1c(Cl)cc(Cl)cc1/C=C/C(=O)O. The molecule has 0 spiro atoms. The molecule has 0 amide bonds. The van der Waals surface area contributed by atoms with E-state index in [2.05, 4.69) is 0 Å². The highest BCUT2D eigenvalue weighted by molar-refractivity contribution is 6.35. The first-order valence-corrected chi connectivity index (χ1v) is 5.94. The summed E-state index contributed by atoms with van der Waals surface area (Å²) in [4.78, 5) is 10.5. The first-order chi connectivity index (χ1) is 8.54. The third-order valence-corrected chi connectivity index (χ3v) is 2.50. The second kappa shape index (κ2) is 7.09. The highest BCUT2D eigenvalue weighted by Crippen LogP contribution is 2.33. The van der Waals surface area contributed by atoms with Crippen LogP contribution in [0.5, 0.6) is 5.75 Å². The fourth-order valence-corrected chi connectivity index (χ4v) is 1.81. The Kier molecular flexibility index (Phi) is 5.75. The molecule has 0 atom stereocenters. The lowest BCUT2D eigenvalue weighted by Gasteiger charge is -2.10. The number of carboxylic acids is 1. The Morgan fingerprint density at radius 2 is 2.17 bits per heavy atom. The van der Waals surface area contributed by atoms with Crippen LogP contribution in [-0.2, 0) is 4.79 Å². The summed E-state index contributed by atoms with van der Waals surface area (Å²) in [6, 6.07) is 3.14. The van der Waals surface area contributed by atoms with Gasteiger partial charge in [0.05, 0.1) is 5.02 Å². The second-order valence-electron chi connectivity index (χ2n) is 3.36. The van der Waals surface area contributed by atoms with E-state index >= 15 is 0 Å². The maximum absolute atomic E-state index is 10.5. The molecule has 5 heteroatoms. The molecule has 1 aromatic carbocycles. The highest BCUT2D eigenvalue weighted by Gasteiger charge is 2.08. The third kappa shape index (κ3) is 4.43. The summed E-state index contributed by atoms with van der Waals surface area (Å²) in [7, 11) is 0. The Labute approximate surface area is 115 Å². The molecular formula is C13H12Cl2O3. The Hall–Kier alpha value is -1.45. The largest absolute Gasteiger partial charge is 0.487 e. The summed E-state index contributed by atoms with van der Waals surface area (Å²) in [5.74, 6) is -0.637. The van der Waals surface area contributed by atoms with Crippen LogP contribution in [0, 0.1) is 0 Å². The zero-order valence-electron chi connectivity index (χ0n) is 9.69. The Bertz CT molecular complexity index is 493. The normalized spacial score (nSPS) is 11.3. The minimum Gasteiger partial charge on any atom is -0.487 e. The Morgan fingerprint density at radius 1 is 1.44 bits per heavy atom. The molecule has 0 aliphatic carbocycles. The van der Waals surface area contributed by atoms with Gasteiger partial charge < -0.3 is 9.84 Å². The summed E-state index contributed by atoms with van der Waals surface area (Å²) in [6.45, 7) is 2.23. The van der Waals surface area contributed by atoms with Crippen molar-refractivity contribution >= 4 is 35.2 Å². The quantitative estimate of drug-likeness (QED) is 0.656. The number of aliphatic carboxylic acids is 1. The molecule has 0 saturated heterocycles. The lowest BCUT2D eigenvalue weighted by molar-refractivity contribution is -0.131. The maximum Gasteiger partial charge on any atom is 0.328 e. The second-order valence-corrected chi connectivity index (χ2v) is 4.20. The molecule has 3 nitrogen and oxygen atoms in total. The number of hydrogen-bond donors (Lipinski definition) is 1. The first kappa shape index (κ1) is 14.6. The molecule has 1 rings (SSSR count). The number of allylic oxidation sites excluding steroid dienone is 1. The monoisotopic (exact) mass is 286 g/mol. The zero-order valence-corrected chi connectivity index (χ0v) is 11.2. The van der Waals surface area contributed by atoms with Gasteiger partial charge in [-0.1, -0.05) is 35.4 Å². The first-order valence-electron chi connectivity index (χ1n) is 5.18. The van der Waals surface area contributed by atoms with Crippen LogP contribution < -0.4 is 4.74 Å². The van der Waals surface area contributed by atoms with Gasteiger partial charge in [0, 0.05) is 16.7 Å². The lowest BCUT2D eigenvalue weighted by atomic mass is 10.2. The molecule has 0 radical (unpaired) electrons. The molecule has 96 valence electrons. The Morgan fingerprint density at radius 3 is 2.78 bits per heavy atom. The standard InChI is InChI=1S/C13H12Cl2O3/c1-2-3-6-18-13-9(4-5-12(16)17)7-10(14)8-11(13)15/h2-5,7-8H,6H2,1H3,(H,16,17)/b3-2+,5-4+. The van der Waals surface area contributed by atoms with Crippen molar-refractivity contribution in [2.24, 2.45) is 0 Å². The fraction of sp³-hybridized carbons (Fsp3) is 0.154. The van der Waals surface area contributed by atoms with Gasteiger partial charge in [0.25, 0.3) is 0 Å². The van der Waals surface area contributed by atoms with Crippen LogP contribution in [0.15, 0.2) is 30.4 Å². The number of hydrogen-bond acceptors (Lipinski definition) is 2. The van der Waals surface area contributed by atoms with E-state index in [0.717, 1.165) is 6.08 Å². The fourth-order valence-electron chi connectivity index (χ4n) is 1.25. The number of rotatable bonds is 5. The van der Waals surface area contributed by atoms with Gasteiger partial charge in [-0.05, 0) is 25.1 Å². The van der Waals surface area contributed by atoms with Crippen molar-refractivity contribution in [2.45, 2.75) is 6.92 Å². The predicted molar refractivity (Wildman–Crippen MR) is 73.4 cm³/mol. The Balaban J connectivity index is 3.08. The van der Waals surface area contributed by atoms with Gasteiger partial charge >= 0.3 is 5.97 Å². The molecule has 0 unspecified atom stereocenters. The number of carbonyl (C=O) groups is 1. The average Bonchev–Trinajstić information content (AvgIpc) is 2.29. The van der Waals surface area contributed by atoms with Crippen molar-refractivity contribution in [3.05, 3.63) is 46.0 Å². The van der Waals surface area contributed by atoms with Crippen molar-refractivity contribution in [1.29, 1.82) is 0 Å². The van der Waals surface area contributed by atoms with E-state index in [1.807, 2.05) is 19.1 Å². The summed E-state index contributed by atoms with van der Waals surface area (Å²) < 4.78 is 5.47. The van der Waals surface area contributed by atoms with Crippen molar-refractivity contribution in [1.82, 2.24) is 0 Å². The van der Waals surface area contributed by atoms with Gasteiger partial charge in [0.2, 0.25) is 0 Å². The number of ether oxygens (including phenoxy) is 1. The molecule has 0 bridgehead atoms. The van der Waals surface area contributed by atoms with Crippen molar-refractivity contribution < 1.29 is 14.6 Å². The molecule has 1 aromatic rings. The summed E-state index contributed by atoms with van der Waals surface area (Å²) >= 11 is 11.9. The van der Waals surface area contributed by atoms with Gasteiger partial charge in [0.15, 0.2) is 0 Å². The minimum absolute atomic E-state index is 0.344. The smallest absolute Gasteiger partial charge is 0.328 e. The predicted octanol–water partition coefficient (Wildman–Crippen LogP) is 4.05. The number of halogens is 2. The van der Waals surface area contributed by atoms with Crippen LogP contribution >= 0.6 is 23.2 Å². The summed E-state index contributed by atoms with van der Waals surface area (Å²) in [5, 5.41) is 9.38. The summed E-state index contributed by atoms with van der Waals surface area (Å²) in [5.41, 5.74) is 0.527. The van der Waals surface area contributed by atoms with E-state index in [0.29, 0.717) is 28.0 Å². The van der Waals surface area contributed by atoms with E-state index in [9.17, 15) is 4.79 Å². The van der Waals surface area contributed by atoms with Crippen LogP contribution in [0.3, 0.4) is 0 Å². The van der Waals surface area contributed by atoms with Crippen LogP contribution in [0.25, 0.3) is 6.08 Å². The van der Waals surface area contributed by atoms with Gasteiger partial charge in [-0.2, -0.15) is 0 Å². The minimum atomic E-state index is -1.05. The highest BCUT2D eigenvalue weighted by atomic mass is 35.5. The number of benzene rings is 1. The van der Waals surface area contributed by atoms with Crippen LogP contribution in [0.4, 0.5) is 0 Å². The van der Waals surface area contributed by atoms with Crippen molar-refractivity contribution in [2.75, 3.05) is 6.61 Å². The lowest BCUT2D eigenvalue weighted by Crippen LogP contribution is -1.97. The molecule has 0 aliphatic rings. The van der Waals surface area contributed by atoms with Crippen molar-refractivity contribution in [3.8, 4) is 5.75 Å². The molecule has 0 aliphatic heterocycles. The van der Waals surface area contributed by atoms with Gasteiger partial charge in [-0.15, -0.1) is 0 Å². The van der Waals surface area contributed by atoms with Gasteiger partial charge in [-0.3, -0.25) is 0 Å². The third-order valence-electron chi connectivity index (χ3n) is 2.00.